The fourth-order valence-electron chi connectivity index (χ4n) is 1.92. The maximum atomic E-state index is 11.8. The number of amides is 1. The second-order valence-electron chi connectivity index (χ2n) is 4.60. The summed E-state index contributed by atoms with van der Waals surface area (Å²) in [6.07, 6.45) is 2.80. The lowest BCUT2D eigenvalue weighted by Crippen LogP contribution is -2.15. The number of carbonyl (C=O) groups excluding carboxylic acids is 1. The van der Waals surface area contributed by atoms with Crippen LogP contribution in [0.2, 0.25) is 0 Å². The molecule has 1 atom stereocenters. The van der Waals surface area contributed by atoms with E-state index in [4.69, 9.17) is 4.74 Å². The number of anilines is 1. The van der Waals surface area contributed by atoms with Crippen LogP contribution in [0, 0.1) is 5.92 Å². The van der Waals surface area contributed by atoms with Crippen molar-refractivity contribution >= 4 is 11.6 Å². The molecule has 0 aromatic heterocycles. The van der Waals surface area contributed by atoms with Gasteiger partial charge in [0.15, 0.2) is 0 Å². The van der Waals surface area contributed by atoms with Gasteiger partial charge in [-0.2, -0.15) is 0 Å². The number of benzene rings is 1. The van der Waals surface area contributed by atoms with Crippen LogP contribution in [0.15, 0.2) is 24.3 Å². The van der Waals surface area contributed by atoms with Crippen molar-refractivity contribution in [3.05, 3.63) is 24.3 Å². The van der Waals surface area contributed by atoms with Gasteiger partial charge in [0.05, 0.1) is 6.61 Å². The molecule has 0 fully saturated rings. The lowest BCUT2D eigenvalue weighted by atomic mass is 10.0. The summed E-state index contributed by atoms with van der Waals surface area (Å²) in [5, 5.41) is 2.91. The quantitative estimate of drug-likeness (QED) is 0.797. The molecule has 0 aliphatic heterocycles. The number of rotatable bonds is 7. The van der Waals surface area contributed by atoms with Crippen molar-refractivity contribution in [3.8, 4) is 5.75 Å². The number of ether oxygens (including phenoxy) is 1. The molecule has 0 spiro atoms. The first-order chi connectivity index (χ1) is 8.65. The first-order valence-corrected chi connectivity index (χ1v) is 6.68. The summed E-state index contributed by atoms with van der Waals surface area (Å²) in [6, 6.07) is 7.48. The Balaban J connectivity index is 2.44. The predicted molar refractivity (Wildman–Crippen MR) is 74.9 cm³/mol. The summed E-state index contributed by atoms with van der Waals surface area (Å²) in [7, 11) is 0. The second-order valence-corrected chi connectivity index (χ2v) is 4.60. The lowest BCUT2D eigenvalue weighted by Gasteiger charge is -2.10. The van der Waals surface area contributed by atoms with E-state index < -0.39 is 0 Å². The Morgan fingerprint density at radius 3 is 2.50 bits per heavy atom. The molecule has 0 heterocycles. The van der Waals surface area contributed by atoms with Gasteiger partial charge >= 0.3 is 0 Å². The first kappa shape index (κ1) is 14.6. The Hall–Kier alpha value is -1.51. The third-order valence-corrected chi connectivity index (χ3v) is 2.76. The van der Waals surface area contributed by atoms with Gasteiger partial charge in [-0.1, -0.05) is 26.7 Å². The normalized spacial score (nSPS) is 11.9. The van der Waals surface area contributed by atoms with E-state index in [0.717, 1.165) is 24.3 Å². The van der Waals surface area contributed by atoms with Crippen molar-refractivity contribution in [2.75, 3.05) is 11.9 Å². The molecule has 1 aromatic carbocycles. The van der Waals surface area contributed by atoms with E-state index in [9.17, 15) is 4.79 Å². The van der Waals surface area contributed by atoms with Crippen LogP contribution in [0.4, 0.5) is 5.69 Å². The third-order valence-electron chi connectivity index (χ3n) is 2.76. The molecule has 3 heteroatoms. The van der Waals surface area contributed by atoms with Crippen molar-refractivity contribution < 1.29 is 9.53 Å². The van der Waals surface area contributed by atoms with Crippen LogP contribution in [0.1, 0.15) is 40.0 Å². The zero-order valence-corrected chi connectivity index (χ0v) is 11.5. The number of hydrogen-bond acceptors (Lipinski definition) is 2. The molecule has 1 N–H and O–H groups in total. The van der Waals surface area contributed by atoms with Gasteiger partial charge in [0.25, 0.3) is 0 Å². The second kappa shape index (κ2) is 7.75. The lowest BCUT2D eigenvalue weighted by molar-refractivity contribution is -0.117. The number of nitrogens with one attached hydrogen (secondary N) is 1. The molecule has 0 bridgehead atoms. The Labute approximate surface area is 110 Å². The molecule has 1 unspecified atom stereocenters. The summed E-state index contributed by atoms with van der Waals surface area (Å²) in [4.78, 5) is 11.8. The molecule has 100 valence electrons. The summed E-state index contributed by atoms with van der Waals surface area (Å²) < 4.78 is 5.35. The van der Waals surface area contributed by atoms with Crippen molar-refractivity contribution in [2.24, 2.45) is 5.92 Å². The van der Waals surface area contributed by atoms with Crippen LogP contribution < -0.4 is 10.1 Å². The Kier molecular flexibility index (Phi) is 6.26. The highest BCUT2D eigenvalue weighted by atomic mass is 16.5. The topological polar surface area (TPSA) is 38.3 Å². The molecule has 0 radical (unpaired) electrons. The van der Waals surface area contributed by atoms with Crippen LogP contribution >= 0.6 is 0 Å². The molecule has 0 aliphatic carbocycles. The smallest absolute Gasteiger partial charge is 0.224 e. The predicted octanol–water partition coefficient (Wildman–Crippen LogP) is 3.85. The summed E-state index contributed by atoms with van der Waals surface area (Å²) in [6.45, 7) is 6.85. The third kappa shape index (κ3) is 5.21. The molecule has 3 nitrogen and oxygen atoms in total. The first-order valence-electron chi connectivity index (χ1n) is 6.68. The Morgan fingerprint density at radius 2 is 1.94 bits per heavy atom. The van der Waals surface area contributed by atoms with Crippen LogP contribution in [0.5, 0.6) is 5.75 Å². The Morgan fingerprint density at radius 1 is 1.28 bits per heavy atom. The number of carbonyl (C=O) groups is 1. The highest BCUT2D eigenvalue weighted by Gasteiger charge is 2.08. The fraction of sp³-hybridized carbons (Fsp3) is 0.533. The van der Waals surface area contributed by atoms with Crippen LogP contribution in [0.25, 0.3) is 0 Å². The molecule has 1 amide bonds. The van der Waals surface area contributed by atoms with E-state index in [0.29, 0.717) is 18.9 Å². The van der Waals surface area contributed by atoms with E-state index in [2.05, 4.69) is 19.2 Å². The summed E-state index contributed by atoms with van der Waals surface area (Å²) in [5.41, 5.74) is 0.826. The van der Waals surface area contributed by atoms with Gasteiger partial charge in [0.1, 0.15) is 5.75 Å². The van der Waals surface area contributed by atoms with E-state index in [1.165, 1.54) is 0 Å². The Bertz CT molecular complexity index is 359. The van der Waals surface area contributed by atoms with Crippen molar-refractivity contribution in [3.63, 3.8) is 0 Å². The van der Waals surface area contributed by atoms with Gasteiger partial charge in [-0.3, -0.25) is 4.79 Å². The van der Waals surface area contributed by atoms with E-state index in [1.54, 1.807) is 0 Å². The van der Waals surface area contributed by atoms with Gasteiger partial charge in [-0.25, -0.2) is 0 Å². The molecule has 18 heavy (non-hydrogen) atoms. The minimum Gasteiger partial charge on any atom is -0.494 e. The van der Waals surface area contributed by atoms with Crippen LogP contribution in [-0.4, -0.2) is 12.5 Å². The fourth-order valence-corrected chi connectivity index (χ4v) is 1.92. The molecule has 1 aromatic rings. The molecule has 0 saturated carbocycles. The van der Waals surface area contributed by atoms with Gasteiger partial charge in [-0.05, 0) is 37.1 Å². The van der Waals surface area contributed by atoms with E-state index >= 15 is 0 Å². The standard InChI is InChI=1S/C15H23NO2/c1-4-6-12(3)11-15(17)16-13-7-9-14(10-8-13)18-5-2/h7-10,12H,4-6,11H2,1-3H3,(H,16,17). The SMILES string of the molecule is CCCC(C)CC(=O)Nc1ccc(OCC)cc1. The van der Waals surface area contributed by atoms with E-state index in [1.807, 2.05) is 31.2 Å². The summed E-state index contributed by atoms with van der Waals surface area (Å²) >= 11 is 0. The van der Waals surface area contributed by atoms with Crippen LogP contribution in [0.3, 0.4) is 0 Å². The largest absolute Gasteiger partial charge is 0.494 e. The average Bonchev–Trinajstić information content (AvgIpc) is 2.32. The molecular formula is C15H23NO2. The van der Waals surface area contributed by atoms with Gasteiger partial charge in [-0.15, -0.1) is 0 Å². The van der Waals surface area contributed by atoms with Crippen LogP contribution in [-0.2, 0) is 4.79 Å². The molecule has 1 rings (SSSR count). The summed E-state index contributed by atoms with van der Waals surface area (Å²) in [5.74, 6) is 1.35. The van der Waals surface area contributed by atoms with Gasteiger partial charge < -0.3 is 10.1 Å². The monoisotopic (exact) mass is 249 g/mol. The van der Waals surface area contributed by atoms with Crippen molar-refractivity contribution in [1.29, 1.82) is 0 Å². The highest BCUT2D eigenvalue weighted by molar-refractivity contribution is 5.90. The van der Waals surface area contributed by atoms with Crippen molar-refractivity contribution in [1.82, 2.24) is 0 Å². The molecule has 0 aliphatic rings. The van der Waals surface area contributed by atoms with Gasteiger partial charge in [0.2, 0.25) is 5.91 Å². The van der Waals surface area contributed by atoms with Crippen molar-refractivity contribution in [2.45, 2.75) is 40.0 Å². The maximum absolute atomic E-state index is 11.8. The van der Waals surface area contributed by atoms with Gasteiger partial charge in [0, 0.05) is 12.1 Å². The zero-order valence-electron chi connectivity index (χ0n) is 11.5. The molecular weight excluding hydrogens is 226 g/mol. The average molecular weight is 249 g/mol. The minimum atomic E-state index is 0.0834. The zero-order chi connectivity index (χ0) is 13.4. The maximum Gasteiger partial charge on any atom is 0.224 e. The highest BCUT2D eigenvalue weighted by Crippen LogP contribution is 2.17. The molecule has 0 saturated heterocycles. The minimum absolute atomic E-state index is 0.0834. The van der Waals surface area contributed by atoms with E-state index in [-0.39, 0.29) is 5.91 Å². The number of hydrogen-bond donors (Lipinski definition) is 1.